The highest BCUT2D eigenvalue weighted by atomic mass is 32.2. The summed E-state index contributed by atoms with van der Waals surface area (Å²) in [6.07, 6.45) is 1.55. The summed E-state index contributed by atoms with van der Waals surface area (Å²) in [7, 11) is 1.59. The van der Waals surface area contributed by atoms with Gasteiger partial charge in [-0.3, -0.25) is 0 Å². The van der Waals surface area contributed by atoms with E-state index in [0.717, 1.165) is 15.7 Å². The van der Waals surface area contributed by atoms with Crippen molar-refractivity contribution in [3.8, 4) is 17.2 Å². The zero-order valence-electron chi connectivity index (χ0n) is 8.51. The zero-order valence-corrected chi connectivity index (χ0v) is 9.32. The highest BCUT2D eigenvalue weighted by Gasteiger charge is 2.22. The number of nitrogens with zero attached hydrogens (tertiary/aromatic N) is 2. The number of para-hydroxylation sites is 1. The molecule has 16 heavy (non-hydrogen) atoms. The normalized spacial score (nSPS) is 12.3. The smallest absolute Gasteiger partial charge is 0.205 e. The van der Waals surface area contributed by atoms with Crippen molar-refractivity contribution in [3.63, 3.8) is 0 Å². The van der Waals surface area contributed by atoms with Crippen molar-refractivity contribution in [2.45, 2.75) is 9.92 Å². The van der Waals surface area contributed by atoms with Crippen LogP contribution in [0, 0.1) is 0 Å². The Morgan fingerprint density at radius 1 is 1.31 bits per heavy atom. The fourth-order valence-electron chi connectivity index (χ4n) is 1.48. The Morgan fingerprint density at radius 3 is 3.06 bits per heavy atom. The Morgan fingerprint density at radius 2 is 2.19 bits per heavy atom. The lowest BCUT2D eigenvalue weighted by Gasteiger charge is -2.19. The molecule has 0 saturated carbocycles. The van der Waals surface area contributed by atoms with Gasteiger partial charge in [0, 0.05) is 0 Å². The monoisotopic (exact) mass is 232 g/mol. The molecule has 0 atom stereocenters. The van der Waals surface area contributed by atoms with Gasteiger partial charge in [-0.1, -0.05) is 23.9 Å². The Kier molecular flexibility index (Phi) is 2.18. The van der Waals surface area contributed by atoms with E-state index in [9.17, 15) is 0 Å². The van der Waals surface area contributed by atoms with E-state index in [2.05, 4.69) is 10.2 Å². The van der Waals surface area contributed by atoms with Gasteiger partial charge in [-0.25, -0.2) is 0 Å². The van der Waals surface area contributed by atoms with Crippen molar-refractivity contribution < 1.29 is 9.47 Å². The van der Waals surface area contributed by atoms with Crippen LogP contribution in [-0.2, 0) is 0 Å². The molecule has 2 heterocycles. The van der Waals surface area contributed by atoms with Gasteiger partial charge < -0.3 is 9.47 Å². The maximum atomic E-state index is 5.75. The summed E-state index contributed by atoms with van der Waals surface area (Å²) in [6, 6.07) is 7.81. The summed E-state index contributed by atoms with van der Waals surface area (Å²) in [4.78, 5) is 1.04. The van der Waals surface area contributed by atoms with Crippen LogP contribution < -0.4 is 9.47 Å². The van der Waals surface area contributed by atoms with Crippen LogP contribution in [0.2, 0.25) is 0 Å². The highest BCUT2D eigenvalue weighted by Crippen LogP contribution is 2.48. The van der Waals surface area contributed by atoms with Gasteiger partial charge in [0.2, 0.25) is 5.75 Å². The second-order valence-corrected chi connectivity index (χ2v) is 4.23. The maximum Gasteiger partial charge on any atom is 0.205 e. The largest absolute Gasteiger partial charge is 0.491 e. The summed E-state index contributed by atoms with van der Waals surface area (Å²) in [5.74, 6) is 2.07. The molecule has 0 radical (unpaired) electrons. The molecular formula is C11H8N2O2S. The second-order valence-electron chi connectivity index (χ2n) is 3.20. The van der Waals surface area contributed by atoms with E-state index < -0.39 is 0 Å². The summed E-state index contributed by atoms with van der Waals surface area (Å²) in [5, 5.41) is 8.63. The predicted molar refractivity (Wildman–Crippen MR) is 59.2 cm³/mol. The Bertz CT molecular complexity index is 545. The van der Waals surface area contributed by atoms with E-state index in [-0.39, 0.29) is 0 Å². The number of benzene rings is 1. The van der Waals surface area contributed by atoms with Gasteiger partial charge in [0.15, 0.2) is 10.8 Å². The first kappa shape index (κ1) is 9.47. The first-order chi connectivity index (χ1) is 7.88. The molecule has 0 aliphatic carbocycles. The van der Waals surface area contributed by atoms with Gasteiger partial charge in [-0.2, -0.15) is 5.10 Å². The van der Waals surface area contributed by atoms with Gasteiger partial charge in [0.1, 0.15) is 5.75 Å². The molecule has 1 aromatic heterocycles. The summed E-state index contributed by atoms with van der Waals surface area (Å²) in [6.45, 7) is 0. The lowest BCUT2D eigenvalue weighted by molar-refractivity contribution is 0.361. The molecule has 0 fully saturated rings. The third kappa shape index (κ3) is 1.40. The maximum absolute atomic E-state index is 5.75. The number of rotatable bonds is 1. The van der Waals surface area contributed by atoms with Gasteiger partial charge >= 0.3 is 0 Å². The van der Waals surface area contributed by atoms with Crippen molar-refractivity contribution in [2.24, 2.45) is 0 Å². The number of hydrogen-bond donors (Lipinski definition) is 0. The first-order valence-corrected chi connectivity index (χ1v) is 5.54. The van der Waals surface area contributed by atoms with E-state index >= 15 is 0 Å². The Labute approximate surface area is 96.6 Å². The zero-order chi connectivity index (χ0) is 11.0. The molecule has 4 nitrogen and oxygen atoms in total. The number of aromatic nitrogens is 2. The van der Waals surface area contributed by atoms with Crippen LogP contribution in [0.3, 0.4) is 0 Å². The van der Waals surface area contributed by atoms with Crippen molar-refractivity contribution in [3.05, 3.63) is 30.5 Å². The summed E-state index contributed by atoms with van der Waals surface area (Å²) in [5.41, 5.74) is 0. The number of hydrogen-bond acceptors (Lipinski definition) is 5. The average Bonchev–Trinajstić information content (AvgIpc) is 2.35. The van der Waals surface area contributed by atoms with Gasteiger partial charge in [0.25, 0.3) is 0 Å². The average molecular weight is 232 g/mol. The first-order valence-electron chi connectivity index (χ1n) is 4.73. The molecule has 1 aromatic carbocycles. The molecule has 1 aliphatic heterocycles. The van der Waals surface area contributed by atoms with Crippen LogP contribution in [0.25, 0.3) is 0 Å². The molecule has 0 amide bonds. The minimum atomic E-state index is 0.604. The van der Waals surface area contributed by atoms with Crippen molar-refractivity contribution in [2.75, 3.05) is 7.11 Å². The molecule has 0 N–H and O–H groups in total. The molecule has 0 unspecified atom stereocenters. The molecular weight excluding hydrogens is 224 g/mol. The quantitative estimate of drug-likeness (QED) is 0.645. The SMILES string of the molecule is COc1cnnc2c1Oc1ccccc1S2. The van der Waals surface area contributed by atoms with Crippen LogP contribution in [0.4, 0.5) is 0 Å². The number of methoxy groups -OCH3 is 1. The molecule has 0 saturated heterocycles. The van der Waals surface area contributed by atoms with Crippen molar-refractivity contribution in [1.82, 2.24) is 10.2 Å². The van der Waals surface area contributed by atoms with Crippen LogP contribution in [0.5, 0.6) is 17.2 Å². The molecule has 0 spiro atoms. The predicted octanol–water partition coefficient (Wildman–Crippen LogP) is 2.74. The fraction of sp³-hybridized carbons (Fsp3) is 0.0909. The van der Waals surface area contributed by atoms with Gasteiger partial charge in [0.05, 0.1) is 18.2 Å². The highest BCUT2D eigenvalue weighted by molar-refractivity contribution is 7.99. The van der Waals surface area contributed by atoms with E-state index in [1.54, 1.807) is 13.3 Å². The Balaban J connectivity index is 2.12. The van der Waals surface area contributed by atoms with E-state index in [4.69, 9.17) is 9.47 Å². The van der Waals surface area contributed by atoms with Gasteiger partial charge in [-0.15, -0.1) is 5.10 Å². The van der Waals surface area contributed by atoms with Crippen molar-refractivity contribution in [1.29, 1.82) is 0 Å². The fourth-order valence-corrected chi connectivity index (χ4v) is 2.37. The van der Waals surface area contributed by atoms with E-state index in [1.807, 2.05) is 24.3 Å². The lowest BCUT2D eigenvalue weighted by Crippen LogP contribution is -2.00. The lowest BCUT2D eigenvalue weighted by atomic mass is 10.3. The van der Waals surface area contributed by atoms with Crippen LogP contribution in [-0.4, -0.2) is 17.3 Å². The summed E-state index contributed by atoms with van der Waals surface area (Å²) >= 11 is 1.53. The second kappa shape index (κ2) is 3.68. The molecule has 0 bridgehead atoms. The molecule has 3 rings (SSSR count). The standard InChI is InChI=1S/C11H8N2O2S/c1-14-8-6-12-13-11-10(8)15-7-4-2-3-5-9(7)16-11/h2-6H,1H3. The third-order valence-electron chi connectivity index (χ3n) is 2.23. The van der Waals surface area contributed by atoms with Crippen molar-refractivity contribution >= 4 is 11.8 Å². The minimum absolute atomic E-state index is 0.604. The van der Waals surface area contributed by atoms with Crippen LogP contribution >= 0.6 is 11.8 Å². The third-order valence-corrected chi connectivity index (χ3v) is 3.25. The summed E-state index contributed by atoms with van der Waals surface area (Å²) < 4.78 is 10.9. The van der Waals surface area contributed by atoms with Crippen LogP contribution in [0.15, 0.2) is 40.4 Å². The number of fused-ring (bicyclic) bond motifs is 2. The molecule has 1 aliphatic rings. The number of ether oxygens (including phenoxy) is 2. The van der Waals surface area contributed by atoms with Gasteiger partial charge in [-0.05, 0) is 12.1 Å². The minimum Gasteiger partial charge on any atom is -0.491 e. The van der Waals surface area contributed by atoms with Crippen LogP contribution in [0.1, 0.15) is 0 Å². The molecule has 80 valence electrons. The van der Waals surface area contributed by atoms with E-state index in [0.29, 0.717) is 11.5 Å². The molecule has 5 heteroatoms. The Hall–Kier alpha value is -1.75. The molecule has 2 aromatic rings. The van der Waals surface area contributed by atoms with E-state index in [1.165, 1.54) is 11.8 Å². The topological polar surface area (TPSA) is 44.2 Å².